The topological polar surface area (TPSA) is 79.6 Å². The average Bonchev–Trinajstić information content (AvgIpc) is 2.60. The number of aromatic nitrogens is 1. The summed E-state index contributed by atoms with van der Waals surface area (Å²) < 4.78 is 0. The third kappa shape index (κ3) is 2.89. The second-order valence-corrected chi connectivity index (χ2v) is 6.25. The van der Waals surface area contributed by atoms with Gasteiger partial charge in [-0.05, 0) is 31.0 Å². The number of hydrogen-bond donors (Lipinski definition) is 0. The van der Waals surface area contributed by atoms with Gasteiger partial charge in [0.15, 0.2) is 0 Å². The summed E-state index contributed by atoms with van der Waals surface area (Å²) in [6.45, 7) is 1.49. The van der Waals surface area contributed by atoms with Gasteiger partial charge in [-0.2, -0.15) is 0 Å². The predicted molar refractivity (Wildman–Crippen MR) is 92.0 cm³/mol. The van der Waals surface area contributed by atoms with E-state index >= 15 is 0 Å². The van der Waals surface area contributed by atoms with E-state index in [0.717, 1.165) is 31.6 Å². The number of hydrogen-bond acceptors (Lipinski definition) is 5. The Morgan fingerprint density at radius 1 is 1.29 bits per heavy atom. The third-order valence-corrected chi connectivity index (χ3v) is 4.55. The minimum absolute atomic E-state index is 0.0496. The zero-order chi connectivity index (χ0) is 17.3. The number of anilines is 1. The van der Waals surface area contributed by atoms with Crippen LogP contribution in [0.4, 0.5) is 11.4 Å². The van der Waals surface area contributed by atoms with Crippen molar-refractivity contribution in [2.45, 2.75) is 12.8 Å². The molecule has 3 rings (SSSR count). The summed E-state index contributed by atoms with van der Waals surface area (Å²) >= 11 is 0. The number of amides is 1. The monoisotopic (exact) mass is 328 g/mol. The number of fused-ring (bicyclic) bond motifs is 1. The minimum atomic E-state index is -0.379. The lowest BCUT2D eigenvalue weighted by molar-refractivity contribution is -0.383. The van der Waals surface area contributed by atoms with E-state index in [2.05, 4.69) is 9.88 Å². The molecule has 1 fully saturated rings. The van der Waals surface area contributed by atoms with Crippen LogP contribution in [-0.2, 0) is 4.79 Å². The number of pyridine rings is 1. The van der Waals surface area contributed by atoms with Crippen LogP contribution in [0.5, 0.6) is 0 Å². The van der Waals surface area contributed by atoms with Crippen molar-refractivity contribution in [2.75, 3.05) is 32.1 Å². The van der Waals surface area contributed by atoms with Gasteiger partial charge in [-0.25, -0.2) is 0 Å². The molecular formula is C17H20N4O3. The molecule has 24 heavy (non-hydrogen) atoms. The predicted octanol–water partition coefficient (Wildman–Crippen LogP) is 2.45. The molecule has 0 unspecified atom stereocenters. The lowest BCUT2D eigenvalue weighted by Crippen LogP contribution is -2.40. The van der Waals surface area contributed by atoms with E-state index in [0.29, 0.717) is 10.9 Å². The van der Waals surface area contributed by atoms with Crippen LogP contribution < -0.4 is 4.90 Å². The molecule has 0 aliphatic carbocycles. The van der Waals surface area contributed by atoms with Gasteiger partial charge in [0.1, 0.15) is 5.52 Å². The van der Waals surface area contributed by atoms with E-state index in [1.54, 1.807) is 43.4 Å². The standard InChI is InChI=1S/C17H20N4O3/c1-19(2)17(22)12-7-10-20(11-8-12)15-6-5-14(21(23)24)13-4-3-9-18-16(13)15/h3-6,9,12H,7-8,10-11H2,1-2H3. The molecule has 1 aliphatic heterocycles. The molecule has 1 aromatic heterocycles. The van der Waals surface area contributed by atoms with Crippen molar-refractivity contribution < 1.29 is 9.72 Å². The van der Waals surface area contributed by atoms with Gasteiger partial charge < -0.3 is 9.80 Å². The van der Waals surface area contributed by atoms with Crippen LogP contribution in [-0.4, -0.2) is 47.9 Å². The number of nitro groups is 1. The van der Waals surface area contributed by atoms with Gasteiger partial charge in [0, 0.05) is 45.4 Å². The Balaban J connectivity index is 1.88. The third-order valence-electron chi connectivity index (χ3n) is 4.55. The Kier molecular flexibility index (Phi) is 4.33. The van der Waals surface area contributed by atoms with E-state index in [9.17, 15) is 14.9 Å². The molecule has 7 heteroatoms. The quantitative estimate of drug-likeness (QED) is 0.639. The number of benzene rings is 1. The van der Waals surface area contributed by atoms with Crippen molar-refractivity contribution in [1.29, 1.82) is 0 Å². The van der Waals surface area contributed by atoms with Crippen molar-refractivity contribution in [3.05, 3.63) is 40.6 Å². The molecule has 7 nitrogen and oxygen atoms in total. The SMILES string of the molecule is CN(C)C(=O)C1CCN(c2ccc([N+](=O)[O-])c3cccnc23)CC1. The molecule has 2 heterocycles. The van der Waals surface area contributed by atoms with E-state index in [1.165, 1.54) is 6.07 Å². The molecule has 0 atom stereocenters. The highest BCUT2D eigenvalue weighted by atomic mass is 16.6. The maximum absolute atomic E-state index is 12.1. The summed E-state index contributed by atoms with van der Waals surface area (Å²) in [5, 5.41) is 11.8. The summed E-state index contributed by atoms with van der Waals surface area (Å²) in [5.41, 5.74) is 1.61. The molecule has 2 aromatic rings. The number of non-ortho nitro benzene ring substituents is 1. The van der Waals surface area contributed by atoms with Crippen molar-refractivity contribution in [3.63, 3.8) is 0 Å². The largest absolute Gasteiger partial charge is 0.370 e. The average molecular weight is 328 g/mol. The first-order valence-electron chi connectivity index (χ1n) is 7.97. The number of rotatable bonds is 3. The molecular weight excluding hydrogens is 308 g/mol. The smallest absolute Gasteiger partial charge is 0.278 e. The van der Waals surface area contributed by atoms with Crippen LogP contribution in [0.1, 0.15) is 12.8 Å². The molecule has 1 aromatic carbocycles. The fourth-order valence-electron chi connectivity index (χ4n) is 3.29. The van der Waals surface area contributed by atoms with Gasteiger partial charge >= 0.3 is 0 Å². The molecule has 1 aliphatic rings. The van der Waals surface area contributed by atoms with Crippen LogP contribution in [0.3, 0.4) is 0 Å². The van der Waals surface area contributed by atoms with E-state index < -0.39 is 0 Å². The maximum Gasteiger partial charge on any atom is 0.278 e. The molecule has 0 N–H and O–H groups in total. The highest BCUT2D eigenvalue weighted by Crippen LogP contribution is 2.34. The highest BCUT2D eigenvalue weighted by molar-refractivity contribution is 5.97. The minimum Gasteiger partial charge on any atom is -0.370 e. The van der Waals surface area contributed by atoms with Crippen molar-refractivity contribution in [1.82, 2.24) is 9.88 Å². The van der Waals surface area contributed by atoms with E-state index in [1.807, 2.05) is 0 Å². The van der Waals surface area contributed by atoms with Gasteiger partial charge in [-0.1, -0.05) is 0 Å². The molecule has 0 spiro atoms. The van der Waals surface area contributed by atoms with Gasteiger partial charge in [-0.3, -0.25) is 19.9 Å². The number of piperidine rings is 1. The molecule has 0 bridgehead atoms. The van der Waals surface area contributed by atoms with Crippen LogP contribution in [0, 0.1) is 16.0 Å². The van der Waals surface area contributed by atoms with Crippen LogP contribution in [0.15, 0.2) is 30.5 Å². The number of carbonyl (C=O) groups excluding carboxylic acids is 1. The van der Waals surface area contributed by atoms with Crippen molar-refractivity contribution >= 4 is 28.2 Å². The van der Waals surface area contributed by atoms with E-state index in [4.69, 9.17) is 0 Å². The normalized spacial score (nSPS) is 15.5. The molecule has 0 saturated carbocycles. The summed E-state index contributed by atoms with van der Waals surface area (Å²) in [5.74, 6) is 0.217. The van der Waals surface area contributed by atoms with Crippen LogP contribution >= 0.6 is 0 Å². The number of nitrogens with zero attached hydrogens (tertiary/aromatic N) is 4. The van der Waals surface area contributed by atoms with Crippen LogP contribution in [0.2, 0.25) is 0 Å². The Hall–Kier alpha value is -2.70. The molecule has 1 saturated heterocycles. The van der Waals surface area contributed by atoms with Crippen molar-refractivity contribution in [2.24, 2.45) is 5.92 Å². The van der Waals surface area contributed by atoms with Gasteiger partial charge in [0.25, 0.3) is 5.69 Å². The first-order valence-corrected chi connectivity index (χ1v) is 7.97. The Labute approximate surface area is 140 Å². The summed E-state index contributed by atoms with van der Waals surface area (Å²) in [6, 6.07) is 6.74. The highest BCUT2D eigenvalue weighted by Gasteiger charge is 2.27. The molecule has 126 valence electrons. The Bertz CT molecular complexity index is 782. The second kappa shape index (κ2) is 6.43. The van der Waals surface area contributed by atoms with Gasteiger partial charge in [0.05, 0.1) is 16.0 Å². The summed E-state index contributed by atoms with van der Waals surface area (Å²) in [6.07, 6.45) is 3.21. The number of carbonyl (C=O) groups is 1. The van der Waals surface area contributed by atoms with Gasteiger partial charge in [-0.15, -0.1) is 0 Å². The lowest BCUT2D eigenvalue weighted by atomic mass is 9.95. The maximum atomic E-state index is 12.1. The summed E-state index contributed by atoms with van der Waals surface area (Å²) in [4.78, 5) is 31.1. The fraction of sp³-hybridized carbons (Fsp3) is 0.412. The zero-order valence-electron chi connectivity index (χ0n) is 13.8. The zero-order valence-corrected chi connectivity index (χ0v) is 13.8. The Morgan fingerprint density at radius 2 is 2.00 bits per heavy atom. The first kappa shape index (κ1) is 16.2. The fourth-order valence-corrected chi connectivity index (χ4v) is 3.29. The first-order chi connectivity index (χ1) is 11.5. The van der Waals surface area contributed by atoms with Gasteiger partial charge in [0.2, 0.25) is 5.91 Å². The molecule has 1 amide bonds. The van der Waals surface area contributed by atoms with Crippen molar-refractivity contribution in [3.8, 4) is 0 Å². The number of nitro benzene ring substituents is 1. The van der Waals surface area contributed by atoms with E-state index in [-0.39, 0.29) is 22.4 Å². The second-order valence-electron chi connectivity index (χ2n) is 6.25. The Morgan fingerprint density at radius 3 is 2.62 bits per heavy atom. The molecule has 0 radical (unpaired) electrons. The lowest BCUT2D eigenvalue weighted by Gasteiger charge is -2.34. The van der Waals surface area contributed by atoms with Crippen LogP contribution in [0.25, 0.3) is 10.9 Å². The summed E-state index contributed by atoms with van der Waals surface area (Å²) in [7, 11) is 3.56.